The Hall–Kier alpha value is -1.88. The van der Waals surface area contributed by atoms with Gasteiger partial charge in [0.25, 0.3) is 0 Å². The summed E-state index contributed by atoms with van der Waals surface area (Å²) in [5, 5.41) is 15.3. The summed E-state index contributed by atoms with van der Waals surface area (Å²) in [4.78, 5) is 17.1. The van der Waals surface area contributed by atoms with Gasteiger partial charge in [0.15, 0.2) is 5.13 Å². The standard InChI is InChI=1S/C18H22N2O2S/c1-11(2)8-15-14-9-13(21)5-4-12(14)10-18(15,3)16(22)20-17-19-6-7-23-17/h4-7,9,11,15,21H,8,10H2,1-3H3,(H,19,20,22). The minimum Gasteiger partial charge on any atom is -0.508 e. The Labute approximate surface area is 140 Å². The number of rotatable bonds is 4. The van der Waals surface area contributed by atoms with Gasteiger partial charge in [-0.2, -0.15) is 0 Å². The van der Waals surface area contributed by atoms with Gasteiger partial charge in [0.1, 0.15) is 5.75 Å². The summed E-state index contributed by atoms with van der Waals surface area (Å²) in [6.07, 6.45) is 3.30. The molecule has 0 saturated heterocycles. The number of phenols is 1. The minimum atomic E-state index is -0.522. The Kier molecular flexibility index (Phi) is 4.15. The number of nitrogens with one attached hydrogen (secondary N) is 1. The van der Waals surface area contributed by atoms with Crippen LogP contribution in [0.15, 0.2) is 29.8 Å². The van der Waals surface area contributed by atoms with Crippen LogP contribution in [0.2, 0.25) is 0 Å². The lowest BCUT2D eigenvalue weighted by molar-refractivity contribution is -0.125. The summed E-state index contributed by atoms with van der Waals surface area (Å²) in [5.74, 6) is 0.848. The molecule has 1 heterocycles. The van der Waals surface area contributed by atoms with E-state index in [-0.39, 0.29) is 17.6 Å². The Morgan fingerprint density at radius 2 is 2.30 bits per heavy atom. The van der Waals surface area contributed by atoms with E-state index in [9.17, 15) is 9.90 Å². The number of anilines is 1. The number of aromatic hydroxyl groups is 1. The number of carbonyl (C=O) groups excluding carboxylic acids is 1. The molecule has 0 fully saturated rings. The number of hydrogen-bond donors (Lipinski definition) is 2. The average molecular weight is 330 g/mol. The number of hydrogen-bond acceptors (Lipinski definition) is 4. The van der Waals surface area contributed by atoms with E-state index in [0.29, 0.717) is 17.5 Å². The molecule has 3 rings (SSSR count). The normalized spacial score (nSPS) is 23.0. The lowest BCUT2D eigenvalue weighted by atomic mass is 9.73. The molecule has 1 aromatic heterocycles. The second kappa shape index (κ2) is 5.96. The van der Waals surface area contributed by atoms with Crippen molar-refractivity contribution in [3.63, 3.8) is 0 Å². The fraction of sp³-hybridized carbons (Fsp3) is 0.444. The maximum atomic E-state index is 13.0. The number of amides is 1. The number of carbonyl (C=O) groups is 1. The molecule has 23 heavy (non-hydrogen) atoms. The molecular weight excluding hydrogens is 308 g/mol. The number of aromatic nitrogens is 1. The van der Waals surface area contributed by atoms with E-state index in [1.54, 1.807) is 12.3 Å². The Balaban J connectivity index is 1.95. The second-order valence-corrected chi connectivity index (χ2v) is 7.85. The van der Waals surface area contributed by atoms with Crippen molar-refractivity contribution in [1.29, 1.82) is 0 Å². The van der Waals surface area contributed by atoms with Crippen LogP contribution in [0.1, 0.15) is 44.2 Å². The van der Waals surface area contributed by atoms with Gasteiger partial charge in [-0.3, -0.25) is 4.79 Å². The number of phenolic OH excluding ortho intramolecular Hbond substituents is 1. The molecule has 1 aliphatic rings. The Bertz CT molecular complexity index is 712. The van der Waals surface area contributed by atoms with E-state index < -0.39 is 5.41 Å². The maximum absolute atomic E-state index is 13.0. The molecule has 1 aliphatic carbocycles. The molecule has 2 unspecified atom stereocenters. The molecule has 2 N–H and O–H groups in total. The Morgan fingerprint density at radius 1 is 1.52 bits per heavy atom. The smallest absolute Gasteiger partial charge is 0.233 e. The summed E-state index contributed by atoms with van der Waals surface area (Å²) < 4.78 is 0. The third-order valence-corrected chi connectivity index (χ3v) is 5.40. The van der Waals surface area contributed by atoms with Gasteiger partial charge in [-0.25, -0.2) is 4.98 Å². The highest BCUT2D eigenvalue weighted by molar-refractivity contribution is 7.13. The van der Waals surface area contributed by atoms with E-state index in [0.717, 1.165) is 17.5 Å². The van der Waals surface area contributed by atoms with Gasteiger partial charge in [-0.1, -0.05) is 19.9 Å². The molecule has 0 saturated carbocycles. The molecule has 0 spiro atoms. The molecule has 0 radical (unpaired) electrons. The first kappa shape index (κ1) is 16.0. The second-order valence-electron chi connectivity index (χ2n) is 6.95. The molecular formula is C18H22N2O2S. The van der Waals surface area contributed by atoms with Crippen LogP contribution in [0, 0.1) is 11.3 Å². The molecule has 2 atom stereocenters. The van der Waals surface area contributed by atoms with E-state index in [2.05, 4.69) is 24.1 Å². The largest absolute Gasteiger partial charge is 0.508 e. The summed E-state index contributed by atoms with van der Waals surface area (Å²) in [6, 6.07) is 5.47. The van der Waals surface area contributed by atoms with E-state index in [1.165, 1.54) is 11.3 Å². The number of benzene rings is 1. The molecule has 0 bridgehead atoms. The zero-order valence-corrected chi connectivity index (χ0v) is 14.5. The fourth-order valence-corrected chi connectivity index (χ4v) is 4.08. The van der Waals surface area contributed by atoms with Gasteiger partial charge in [-0.05, 0) is 54.9 Å². The fourth-order valence-electron chi connectivity index (χ4n) is 3.55. The first-order valence-electron chi connectivity index (χ1n) is 7.93. The van der Waals surface area contributed by atoms with E-state index >= 15 is 0 Å². The highest BCUT2D eigenvalue weighted by Gasteiger charge is 2.48. The molecule has 4 nitrogen and oxygen atoms in total. The van der Waals surface area contributed by atoms with Crippen molar-refractivity contribution < 1.29 is 9.90 Å². The van der Waals surface area contributed by atoms with Crippen LogP contribution in [0.3, 0.4) is 0 Å². The van der Waals surface area contributed by atoms with Crippen LogP contribution in [0.25, 0.3) is 0 Å². The van der Waals surface area contributed by atoms with Crippen LogP contribution >= 0.6 is 11.3 Å². The SMILES string of the molecule is CC(C)CC1c2cc(O)ccc2CC1(C)C(=O)Nc1nccs1. The molecule has 1 amide bonds. The van der Waals surface area contributed by atoms with Gasteiger partial charge in [0, 0.05) is 11.6 Å². The first-order chi connectivity index (χ1) is 10.9. The highest BCUT2D eigenvalue weighted by Crippen LogP contribution is 2.51. The molecule has 1 aromatic carbocycles. The van der Waals surface area contributed by atoms with Gasteiger partial charge in [0.2, 0.25) is 5.91 Å². The monoisotopic (exact) mass is 330 g/mol. The van der Waals surface area contributed by atoms with Gasteiger partial charge < -0.3 is 10.4 Å². The van der Waals surface area contributed by atoms with Crippen LogP contribution in [-0.4, -0.2) is 16.0 Å². The first-order valence-corrected chi connectivity index (χ1v) is 8.81. The van der Waals surface area contributed by atoms with Crippen molar-refractivity contribution in [2.45, 2.75) is 39.5 Å². The summed E-state index contributed by atoms with van der Waals surface area (Å²) >= 11 is 1.43. The van der Waals surface area contributed by atoms with Crippen molar-refractivity contribution in [2.24, 2.45) is 11.3 Å². The predicted octanol–water partition coefficient (Wildman–Crippen LogP) is 4.18. The van der Waals surface area contributed by atoms with Gasteiger partial charge in [-0.15, -0.1) is 11.3 Å². The number of nitrogens with zero attached hydrogens (tertiary/aromatic N) is 1. The maximum Gasteiger partial charge on any atom is 0.233 e. The molecule has 5 heteroatoms. The van der Waals surface area contributed by atoms with Crippen molar-refractivity contribution in [1.82, 2.24) is 4.98 Å². The lowest BCUT2D eigenvalue weighted by Gasteiger charge is -2.31. The third kappa shape index (κ3) is 2.98. The van der Waals surface area contributed by atoms with Crippen LogP contribution in [0.5, 0.6) is 5.75 Å². The molecule has 2 aromatic rings. The Morgan fingerprint density at radius 3 is 2.96 bits per heavy atom. The van der Waals surface area contributed by atoms with Crippen molar-refractivity contribution in [2.75, 3.05) is 5.32 Å². The van der Waals surface area contributed by atoms with Crippen molar-refractivity contribution in [3.8, 4) is 5.75 Å². The topological polar surface area (TPSA) is 62.2 Å². The summed E-state index contributed by atoms with van der Waals surface area (Å²) in [7, 11) is 0. The average Bonchev–Trinajstić information content (AvgIpc) is 3.07. The number of thiazole rings is 1. The van der Waals surface area contributed by atoms with Crippen molar-refractivity contribution >= 4 is 22.4 Å². The van der Waals surface area contributed by atoms with Gasteiger partial charge in [0.05, 0.1) is 5.41 Å². The highest BCUT2D eigenvalue weighted by atomic mass is 32.1. The number of fused-ring (bicyclic) bond motifs is 1. The van der Waals surface area contributed by atoms with E-state index in [1.807, 2.05) is 24.4 Å². The molecule has 0 aliphatic heterocycles. The van der Waals surface area contributed by atoms with Crippen LogP contribution in [-0.2, 0) is 11.2 Å². The summed E-state index contributed by atoms with van der Waals surface area (Å²) in [5.41, 5.74) is 1.74. The molecule has 122 valence electrons. The summed E-state index contributed by atoms with van der Waals surface area (Å²) in [6.45, 7) is 6.36. The predicted molar refractivity (Wildman–Crippen MR) is 92.9 cm³/mol. The van der Waals surface area contributed by atoms with Crippen LogP contribution < -0.4 is 5.32 Å². The van der Waals surface area contributed by atoms with Gasteiger partial charge >= 0.3 is 0 Å². The zero-order valence-electron chi connectivity index (χ0n) is 13.7. The van der Waals surface area contributed by atoms with Crippen molar-refractivity contribution in [3.05, 3.63) is 40.9 Å². The minimum absolute atomic E-state index is 0.00814. The quantitative estimate of drug-likeness (QED) is 0.884. The van der Waals surface area contributed by atoms with E-state index in [4.69, 9.17) is 0 Å². The lowest BCUT2D eigenvalue weighted by Crippen LogP contribution is -2.37. The van der Waals surface area contributed by atoms with Crippen LogP contribution in [0.4, 0.5) is 5.13 Å². The third-order valence-electron chi connectivity index (χ3n) is 4.71. The zero-order chi connectivity index (χ0) is 16.6.